The largest absolute Gasteiger partial charge is 0.315 e. The lowest BCUT2D eigenvalue weighted by atomic mass is 9.75. The highest BCUT2D eigenvalue weighted by Crippen LogP contribution is 2.32. The van der Waals surface area contributed by atoms with Gasteiger partial charge in [-0.15, -0.1) is 0 Å². The Morgan fingerprint density at radius 1 is 1.00 bits per heavy atom. The van der Waals surface area contributed by atoms with Crippen molar-refractivity contribution >= 4 is 0 Å². The lowest BCUT2D eigenvalue weighted by Crippen LogP contribution is -2.69. The van der Waals surface area contributed by atoms with E-state index in [2.05, 4.69) is 17.3 Å². The molecule has 0 radical (unpaired) electrons. The van der Waals surface area contributed by atoms with Gasteiger partial charge in [0.15, 0.2) is 0 Å². The summed E-state index contributed by atoms with van der Waals surface area (Å²) in [7, 11) is 2.18. The second kappa shape index (κ2) is 5.55. The zero-order valence-corrected chi connectivity index (χ0v) is 9.28. The molecule has 2 aliphatic heterocycles. The zero-order chi connectivity index (χ0) is 9.61. The van der Waals surface area contributed by atoms with Crippen molar-refractivity contribution in [1.82, 2.24) is 10.2 Å². The van der Waals surface area contributed by atoms with Gasteiger partial charge in [-0.3, -0.25) is 0 Å². The third kappa shape index (κ3) is 2.46. The fourth-order valence-corrected chi connectivity index (χ4v) is 1.80. The monoisotopic (exact) mass is 172 g/mol. The minimum atomic E-state index is 0.731. The maximum absolute atomic E-state index is 3.30. The van der Waals surface area contributed by atoms with Crippen LogP contribution >= 0.6 is 0 Å². The van der Waals surface area contributed by atoms with Gasteiger partial charge in [-0.25, -0.2) is 0 Å². The Bertz CT molecular complexity index is 100. The Hall–Kier alpha value is -0.0800. The van der Waals surface area contributed by atoms with Crippen LogP contribution in [0.1, 0.15) is 27.7 Å². The van der Waals surface area contributed by atoms with Gasteiger partial charge in [0.05, 0.1) is 0 Å². The Morgan fingerprint density at radius 2 is 1.42 bits per heavy atom. The van der Waals surface area contributed by atoms with Gasteiger partial charge in [0.2, 0.25) is 0 Å². The molecule has 0 bridgehead atoms. The van der Waals surface area contributed by atoms with Crippen LogP contribution in [0.4, 0.5) is 0 Å². The fourth-order valence-electron chi connectivity index (χ4n) is 1.80. The minimum Gasteiger partial charge on any atom is -0.315 e. The van der Waals surface area contributed by atoms with E-state index in [1.54, 1.807) is 0 Å². The van der Waals surface area contributed by atoms with E-state index in [0.717, 1.165) is 5.41 Å². The Kier molecular flexibility index (Phi) is 5.51. The zero-order valence-electron chi connectivity index (χ0n) is 9.28. The Balaban J connectivity index is 0.000000269. The molecule has 2 aliphatic rings. The maximum atomic E-state index is 3.30. The molecule has 0 amide bonds. The van der Waals surface area contributed by atoms with Gasteiger partial charge in [-0.05, 0) is 7.05 Å². The first-order valence-corrected chi connectivity index (χ1v) is 5.20. The number of likely N-dealkylation sites (tertiary alicyclic amines) is 1. The van der Waals surface area contributed by atoms with E-state index in [4.69, 9.17) is 0 Å². The van der Waals surface area contributed by atoms with E-state index in [1.165, 1.54) is 26.2 Å². The van der Waals surface area contributed by atoms with Gasteiger partial charge in [-0.2, -0.15) is 0 Å². The summed E-state index contributed by atoms with van der Waals surface area (Å²) in [5.74, 6) is 0. The first-order chi connectivity index (χ1) is 5.81. The van der Waals surface area contributed by atoms with Gasteiger partial charge in [0.25, 0.3) is 0 Å². The molecule has 2 fully saturated rings. The molecule has 1 N–H and O–H groups in total. The van der Waals surface area contributed by atoms with Crippen LogP contribution in [0, 0.1) is 5.41 Å². The summed E-state index contributed by atoms with van der Waals surface area (Å²) < 4.78 is 0. The van der Waals surface area contributed by atoms with Crippen molar-refractivity contribution in [3.8, 4) is 0 Å². The van der Waals surface area contributed by atoms with Crippen LogP contribution in [-0.4, -0.2) is 38.1 Å². The van der Waals surface area contributed by atoms with Gasteiger partial charge < -0.3 is 10.2 Å². The number of rotatable bonds is 0. The molecule has 0 aromatic rings. The second-order valence-corrected chi connectivity index (χ2v) is 3.28. The highest BCUT2D eigenvalue weighted by Gasteiger charge is 2.45. The van der Waals surface area contributed by atoms with Crippen LogP contribution in [-0.2, 0) is 0 Å². The summed E-state index contributed by atoms with van der Waals surface area (Å²) in [4.78, 5) is 2.38. The summed E-state index contributed by atoms with van der Waals surface area (Å²) in [6, 6.07) is 0. The van der Waals surface area contributed by atoms with E-state index in [9.17, 15) is 0 Å². The molecule has 0 aromatic heterocycles. The molecule has 0 aliphatic carbocycles. The van der Waals surface area contributed by atoms with Crippen LogP contribution in [0.5, 0.6) is 0 Å². The van der Waals surface area contributed by atoms with E-state index in [1.807, 2.05) is 27.7 Å². The van der Waals surface area contributed by atoms with E-state index < -0.39 is 0 Å². The summed E-state index contributed by atoms with van der Waals surface area (Å²) in [5, 5.41) is 3.30. The van der Waals surface area contributed by atoms with Crippen molar-refractivity contribution in [2.24, 2.45) is 5.41 Å². The molecule has 2 saturated heterocycles. The predicted octanol–water partition coefficient (Wildman–Crippen LogP) is 1.57. The number of nitrogens with one attached hydrogen (secondary N) is 1. The van der Waals surface area contributed by atoms with E-state index >= 15 is 0 Å². The summed E-state index contributed by atoms with van der Waals surface area (Å²) in [6.45, 7) is 13.2. The van der Waals surface area contributed by atoms with E-state index in [-0.39, 0.29) is 0 Å². The van der Waals surface area contributed by atoms with Crippen LogP contribution in [0.2, 0.25) is 0 Å². The van der Waals surface area contributed by atoms with Crippen molar-refractivity contribution in [2.45, 2.75) is 27.7 Å². The summed E-state index contributed by atoms with van der Waals surface area (Å²) >= 11 is 0. The van der Waals surface area contributed by atoms with Crippen molar-refractivity contribution in [2.75, 3.05) is 33.2 Å². The first kappa shape index (κ1) is 11.9. The van der Waals surface area contributed by atoms with Crippen LogP contribution in [0.25, 0.3) is 0 Å². The van der Waals surface area contributed by atoms with Gasteiger partial charge in [0.1, 0.15) is 0 Å². The fraction of sp³-hybridized carbons (Fsp3) is 1.00. The quantitative estimate of drug-likeness (QED) is 0.597. The predicted molar refractivity (Wildman–Crippen MR) is 55.5 cm³/mol. The first-order valence-electron chi connectivity index (χ1n) is 5.20. The molecule has 74 valence electrons. The van der Waals surface area contributed by atoms with Crippen molar-refractivity contribution < 1.29 is 0 Å². The molecule has 2 nitrogen and oxygen atoms in total. The van der Waals surface area contributed by atoms with Crippen LogP contribution in [0.3, 0.4) is 0 Å². The Labute approximate surface area is 77.3 Å². The average molecular weight is 172 g/mol. The van der Waals surface area contributed by atoms with Crippen molar-refractivity contribution in [3.63, 3.8) is 0 Å². The molecule has 2 heterocycles. The maximum Gasteiger partial charge on any atom is 0.0206 e. The molecule has 0 saturated carbocycles. The van der Waals surface area contributed by atoms with Gasteiger partial charge in [-0.1, -0.05) is 27.7 Å². The average Bonchev–Trinajstić information content (AvgIpc) is 2.03. The molecule has 0 unspecified atom stereocenters. The molecule has 2 rings (SSSR count). The molecule has 12 heavy (non-hydrogen) atoms. The van der Waals surface area contributed by atoms with Crippen molar-refractivity contribution in [3.05, 3.63) is 0 Å². The molecule has 0 aromatic carbocycles. The third-order valence-corrected chi connectivity index (χ3v) is 2.21. The highest BCUT2D eigenvalue weighted by atomic mass is 15.2. The number of hydrogen-bond donors (Lipinski definition) is 1. The molecular weight excluding hydrogens is 148 g/mol. The van der Waals surface area contributed by atoms with Crippen LogP contribution < -0.4 is 5.32 Å². The minimum absolute atomic E-state index is 0.731. The summed E-state index contributed by atoms with van der Waals surface area (Å²) in [6.07, 6.45) is 0. The lowest BCUT2D eigenvalue weighted by Gasteiger charge is -2.55. The topological polar surface area (TPSA) is 15.3 Å². The van der Waals surface area contributed by atoms with Gasteiger partial charge >= 0.3 is 0 Å². The van der Waals surface area contributed by atoms with Crippen LogP contribution in [0.15, 0.2) is 0 Å². The molecular formula is C10H24N2. The summed E-state index contributed by atoms with van der Waals surface area (Å²) in [5.41, 5.74) is 0.731. The van der Waals surface area contributed by atoms with E-state index in [0.29, 0.717) is 0 Å². The number of hydrogen-bond acceptors (Lipinski definition) is 2. The SMILES string of the molecule is CC.CC.CN1CC2(CNC2)C1. The Morgan fingerprint density at radius 3 is 1.50 bits per heavy atom. The third-order valence-electron chi connectivity index (χ3n) is 2.21. The standard InChI is InChI=1S/C6H12N2.2C2H6/c1-8-4-6(5-8)2-7-3-6;2*1-2/h7H,2-5H2,1H3;2*1-2H3. The number of nitrogens with zero attached hydrogens (tertiary/aromatic N) is 1. The molecule has 2 heteroatoms. The highest BCUT2D eigenvalue weighted by molar-refractivity contribution is 5.02. The lowest BCUT2D eigenvalue weighted by molar-refractivity contribution is -0.0218. The molecule has 0 atom stereocenters. The molecule has 1 spiro atoms. The normalized spacial score (nSPS) is 23.8. The van der Waals surface area contributed by atoms with Gasteiger partial charge in [0, 0.05) is 31.6 Å². The van der Waals surface area contributed by atoms with Crippen molar-refractivity contribution in [1.29, 1.82) is 0 Å². The smallest absolute Gasteiger partial charge is 0.0206 e. The second-order valence-electron chi connectivity index (χ2n) is 3.28.